The first-order chi connectivity index (χ1) is 20.4. The van der Waals surface area contributed by atoms with E-state index >= 15 is 0 Å². The highest BCUT2D eigenvalue weighted by Gasteiger charge is 2.09. The SMILES string of the molecule is C=C.CC1CCCCC1.O=C(CNc1cc(-n2ccnc2)nc(NCc2cccc(Cl)c2)n1)NCc1cccc(Cl)c1. The second-order valence-corrected chi connectivity index (χ2v) is 10.8. The van der Waals surface area contributed by atoms with Crippen molar-refractivity contribution in [2.24, 2.45) is 5.92 Å². The van der Waals surface area contributed by atoms with Crippen LogP contribution in [0.1, 0.15) is 50.2 Å². The first-order valence-electron chi connectivity index (χ1n) is 14.1. The Balaban J connectivity index is 0.000000465. The molecule has 10 heteroatoms. The van der Waals surface area contributed by atoms with Gasteiger partial charge in [0.1, 0.15) is 18.0 Å². The zero-order valence-corrected chi connectivity index (χ0v) is 25.5. The quantitative estimate of drug-likeness (QED) is 0.169. The molecule has 0 unspecified atom stereocenters. The monoisotopic (exact) mass is 607 g/mol. The second kappa shape index (κ2) is 17.8. The van der Waals surface area contributed by atoms with Crippen LogP contribution in [0.5, 0.6) is 0 Å². The molecule has 2 aromatic heterocycles. The summed E-state index contributed by atoms with van der Waals surface area (Å²) in [4.78, 5) is 25.4. The summed E-state index contributed by atoms with van der Waals surface area (Å²) in [5.74, 6) is 2.38. The van der Waals surface area contributed by atoms with Gasteiger partial charge >= 0.3 is 0 Å². The van der Waals surface area contributed by atoms with Crippen LogP contribution in [0.25, 0.3) is 5.82 Å². The number of hydrogen-bond acceptors (Lipinski definition) is 6. The number of imidazole rings is 1. The van der Waals surface area contributed by atoms with Crippen LogP contribution in [0.2, 0.25) is 10.0 Å². The lowest BCUT2D eigenvalue weighted by atomic mass is 9.91. The molecule has 2 heterocycles. The lowest BCUT2D eigenvalue weighted by molar-refractivity contribution is -0.119. The Labute approximate surface area is 258 Å². The van der Waals surface area contributed by atoms with Crippen molar-refractivity contribution in [1.82, 2.24) is 24.8 Å². The first-order valence-corrected chi connectivity index (χ1v) is 14.8. The van der Waals surface area contributed by atoms with Gasteiger partial charge in [0, 0.05) is 41.6 Å². The molecule has 4 aromatic rings. The van der Waals surface area contributed by atoms with Crippen molar-refractivity contribution in [2.45, 2.75) is 52.1 Å². The molecular formula is C32H39Cl2N7O. The number of nitrogens with one attached hydrogen (secondary N) is 3. The molecule has 0 radical (unpaired) electrons. The lowest BCUT2D eigenvalue weighted by Gasteiger charge is -2.15. The minimum absolute atomic E-state index is 0.0503. The van der Waals surface area contributed by atoms with Crippen LogP contribution in [-0.2, 0) is 17.9 Å². The van der Waals surface area contributed by atoms with E-state index in [2.05, 4.69) is 51.0 Å². The number of carbonyl (C=O) groups excluding carboxylic acids is 1. The zero-order chi connectivity index (χ0) is 30.2. The van der Waals surface area contributed by atoms with E-state index < -0.39 is 0 Å². The molecule has 2 aromatic carbocycles. The van der Waals surface area contributed by atoms with E-state index in [1.807, 2.05) is 42.5 Å². The maximum Gasteiger partial charge on any atom is 0.239 e. The standard InChI is InChI=1S/C23H21Cl2N7O.C7H14.C2H4/c24-18-5-1-3-16(9-18)12-28-22(33)14-27-20-11-21(32-8-7-26-15-32)31-23(30-20)29-13-17-4-2-6-19(25)10-17;1-7-5-3-2-4-6-7;1-2/h1-11,15H,12-14H2,(H,28,33)(H2,27,29,30,31);7H,2-6H2,1H3;1-2H2. The van der Waals surface area contributed by atoms with Crippen molar-refractivity contribution in [2.75, 3.05) is 17.2 Å². The Bertz CT molecular complexity index is 1380. The number of hydrogen-bond donors (Lipinski definition) is 3. The fraction of sp³-hybridized carbons (Fsp3) is 0.312. The third-order valence-corrected chi connectivity index (χ3v) is 6.99. The predicted octanol–water partition coefficient (Wildman–Crippen LogP) is 7.70. The van der Waals surface area contributed by atoms with E-state index in [0.29, 0.717) is 40.7 Å². The normalized spacial score (nSPS) is 12.6. The molecule has 1 aliphatic rings. The molecule has 0 atom stereocenters. The number of nitrogens with zero attached hydrogens (tertiary/aromatic N) is 4. The van der Waals surface area contributed by atoms with Gasteiger partial charge in [-0.15, -0.1) is 13.2 Å². The highest BCUT2D eigenvalue weighted by Crippen LogP contribution is 2.22. The van der Waals surface area contributed by atoms with Crippen LogP contribution >= 0.6 is 23.2 Å². The summed E-state index contributed by atoms with van der Waals surface area (Å²) >= 11 is 12.1. The van der Waals surface area contributed by atoms with Crippen LogP contribution < -0.4 is 16.0 Å². The van der Waals surface area contributed by atoms with Crippen molar-refractivity contribution < 1.29 is 4.79 Å². The van der Waals surface area contributed by atoms with Crippen molar-refractivity contribution >= 4 is 40.9 Å². The van der Waals surface area contributed by atoms with Crippen LogP contribution in [-0.4, -0.2) is 32.0 Å². The van der Waals surface area contributed by atoms with E-state index in [0.717, 1.165) is 17.0 Å². The molecular weight excluding hydrogens is 569 g/mol. The third kappa shape index (κ3) is 11.5. The van der Waals surface area contributed by atoms with Gasteiger partial charge in [-0.3, -0.25) is 9.36 Å². The minimum Gasteiger partial charge on any atom is -0.361 e. The largest absolute Gasteiger partial charge is 0.361 e. The van der Waals surface area contributed by atoms with Gasteiger partial charge in [0.25, 0.3) is 0 Å². The van der Waals surface area contributed by atoms with E-state index in [-0.39, 0.29) is 12.5 Å². The maximum atomic E-state index is 12.3. The minimum atomic E-state index is -0.175. The number of rotatable bonds is 9. The van der Waals surface area contributed by atoms with Gasteiger partial charge < -0.3 is 16.0 Å². The Hall–Kier alpha value is -3.88. The van der Waals surface area contributed by atoms with Gasteiger partial charge in [0.05, 0.1) is 6.54 Å². The second-order valence-electron chi connectivity index (χ2n) is 9.89. The maximum absolute atomic E-state index is 12.3. The molecule has 0 spiro atoms. The number of aromatic nitrogens is 4. The Morgan fingerprint density at radius 2 is 1.60 bits per heavy atom. The molecule has 3 N–H and O–H groups in total. The molecule has 0 bridgehead atoms. The molecule has 0 aliphatic heterocycles. The number of anilines is 2. The van der Waals surface area contributed by atoms with Gasteiger partial charge in [0.15, 0.2) is 0 Å². The Morgan fingerprint density at radius 3 is 2.17 bits per heavy atom. The van der Waals surface area contributed by atoms with Gasteiger partial charge in [-0.25, -0.2) is 4.98 Å². The average molecular weight is 609 g/mol. The smallest absolute Gasteiger partial charge is 0.239 e. The Morgan fingerprint density at radius 1 is 0.929 bits per heavy atom. The van der Waals surface area contributed by atoms with Gasteiger partial charge in [0.2, 0.25) is 11.9 Å². The van der Waals surface area contributed by atoms with Crippen molar-refractivity contribution in [3.05, 3.63) is 108 Å². The number of benzene rings is 2. The lowest BCUT2D eigenvalue weighted by Crippen LogP contribution is -2.29. The summed E-state index contributed by atoms with van der Waals surface area (Å²) in [6.45, 7) is 9.29. The molecule has 5 rings (SSSR count). The summed E-state index contributed by atoms with van der Waals surface area (Å²) in [6.07, 6.45) is 12.5. The van der Waals surface area contributed by atoms with Crippen LogP contribution in [0.15, 0.2) is 86.5 Å². The fourth-order valence-corrected chi connectivity index (χ4v) is 4.77. The number of halogens is 2. The van der Waals surface area contributed by atoms with Gasteiger partial charge in [-0.05, 0) is 41.3 Å². The molecule has 1 fully saturated rings. The zero-order valence-electron chi connectivity index (χ0n) is 24.0. The van der Waals surface area contributed by atoms with E-state index in [9.17, 15) is 4.79 Å². The predicted molar refractivity (Wildman–Crippen MR) is 173 cm³/mol. The van der Waals surface area contributed by atoms with Crippen molar-refractivity contribution in [3.8, 4) is 5.82 Å². The summed E-state index contributed by atoms with van der Waals surface area (Å²) in [7, 11) is 0. The molecule has 0 saturated heterocycles. The van der Waals surface area contributed by atoms with E-state index in [1.54, 1.807) is 35.4 Å². The highest BCUT2D eigenvalue weighted by molar-refractivity contribution is 6.30. The van der Waals surface area contributed by atoms with Gasteiger partial charge in [-0.1, -0.05) is 86.5 Å². The summed E-state index contributed by atoms with van der Waals surface area (Å²) in [5, 5.41) is 10.4. The third-order valence-electron chi connectivity index (χ3n) is 6.52. The van der Waals surface area contributed by atoms with Crippen molar-refractivity contribution in [1.29, 1.82) is 0 Å². The fourth-order valence-electron chi connectivity index (χ4n) is 4.35. The van der Waals surface area contributed by atoms with Crippen molar-refractivity contribution in [3.63, 3.8) is 0 Å². The van der Waals surface area contributed by atoms with Crippen LogP contribution in [0, 0.1) is 5.92 Å². The van der Waals surface area contributed by atoms with Crippen LogP contribution in [0.4, 0.5) is 11.8 Å². The molecule has 8 nitrogen and oxygen atoms in total. The highest BCUT2D eigenvalue weighted by atomic mass is 35.5. The van der Waals surface area contributed by atoms with Crippen LogP contribution in [0.3, 0.4) is 0 Å². The van der Waals surface area contributed by atoms with Gasteiger partial charge in [-0.2, -0.15) is 9.97 Å². The molecule has 42 heavy (non-hydrogen) atoms. The molecule has 222 valence electrons. The number of carbonyl (C=O) groups is 1. The summed E-state index contributed by atoms with van der Waals surface area (Å²) < 4.78 is 1.76. The van der Waals surface area contributed by atoms with E-state index in [4.69, 9.17) is 23.2 Å². The number of amides is 1. The summed E-state index contributed by atoms with van der Waals surface area (Å²) in [5.41, 5.74) is 1.92. The topological polar surface area (TPSA) is 96.8 Å². The summed E-state index contributed by atoms with van der Waals surface area (Å²) in [6, 6.07) is 16.6. The average Bonchev–Trinajstić information content (AvgIpc) is 3.55. The van der Waals surface area contributed by atoms with E-state index in [1.165, 1.54) is 32.1 Å². The Kier molecular flexibility index (Phi) is 13.9. The molecule has 1 saturated carbocycles. The molecule has 1 amide bonds. The first kappa shape index (κ1) is 32.6. The molecule has 1 aliphatic carbocycles.